The number of benzene rings is 2. The Labute approximate surface area is 302 Å². The SMILES string of the molecule is CN1CCN(C2CCN(C(=O)C(Cc3cc(Cl)c(N)c(C(F)(F)F)c3)[C@H]3CC(n4c(=O)[nH]c5c6ccccc6ncc54)CCN3C(=O)O)CC2)CC1. The van der Waals surface area contributed by atoms with Gasteiger partial charge in [0, 0.05) is 69.3 Å². The van der Waals surface area contributed by atoms with E-state index in [0.29, 0.717) is 35.7 Å². The summed E-state index contributed by atoms with van der Waals surface area (Å²) in [6.45, 7) is 4.69. The van der Waals surface area contributed by atoms with E-state index in [2.05, 4.69) is 26.8 Å². The molecule has 4 aromatic rings. The predicted octanol–water partition coefficient (Wildman–Crippen LogP) is 4.91. The lowest BCUT2D eigenvalue weighted by Gasteiger charge is -2.45. The molecule has 7 rings (SSSR count). The highest BCUT2D eigenvalue weighted by molar-refractivity contribution is 6.33. The number of H-pyrrole nitrogens is 1. The van der Waals surface area contributed by atoms with Crippen LogP contribution in [0.5, 0.6) is 0 Å². The summed E-state index contributed by atoms with van der Waals surface area (Å²) in [4.78, 5) is 56.2. The molecule has 278 valence electrons. The molecule has 2 amide bonds. The first-order valence-electron chi connectivity index (χ1n) is 17.6. The third-order valence-electron chi connectivity index (χ3n) is 11.3. The Morgan fingerprint density at radius 3 is 2.42 bits per heavy atom. The molecule has 3 fully saturated rings. The molecule has 52 heavy (non-hydrogen) atoms. The number of nitrogens with one attached hydrogen (secondary N) is 1. The van der Waals surface area contributed by atoms with Gasteiger partial charge in [0.1, 0.15) is 0 Å². The summed E-state index contributed by atoms with van der Waals surface area (Å²) in [5.74, 6) is -1.41. The van der Waals surface area contributed by atoms with Gasteiger partial charge in [0.15, 0.2) is 0 Å². The summed E-state index contributed by atoms with van der Waals surface area (Å²) in [6, 6.07) is 8.41. The van der Waals surface area contributed by atoms with Crippen molar-refractivity contribution in [1.29, 1.82) is 0 Å². The zero-order valence-corrected chi connectivity index (χ0v) is 29.5. The largest absolute Gasteiger partial charge is 0.465 e. The molecule has 2 unspecified atom stereocenters. The van der Waals surface area contributed by atoms with Crippen molar-refractivity contribution < 1.29 is 27.9 Å². The number of rotatable bonds is 6. The van der Waals surface area contributed by atoms with Crippen molar-refractivity contribution in [2.75, 3.05) is 58.6 Å². The Morgan fingerprint density at radius 1 is 1.04 bits per heavy atom. The quantitative estimate of drug-likeness (QED) is 0.237. The highest BCUT2D eigenvalue weighted by Crippen LogP contribution is 2.40. The lowest BCUT2D eigenvalue weighted by atomic mass is 9.82. The Kier molecular flexibility index (Phi) is 9.87. The molecule has 12 nitrogen and oxygen atoms in total. The number of para-hydroxylation sites is 1. The van der Waals surface area contributed by atoms with E-state index in [0.717, 1.165) is 50.5 Å². The van der Waals surface area contributed by atoms with Gasteiger partial charge >= 0.3 is 18.0 Å². The molecular formula is C36H42ClF3N8O4. The zero-order valence-electron chi connectivity index (χ0n) is 28.8. The van der Waals surface area contributed by atoms with Gasteiger partial charge in [-0.1, -0.05) is 29.8 Å². The number of aromatic nitrogens is 3. The number of carbonyl (C=O) groups is 2. The van der Waals surface area contributed by atoms with Crippen LogP contribution in [0.15, 0.2) is 47.4 Å². The van der Waals surface area contributed by atoms with Crippen molar-refractivity contribution in [2.45, 2.75) is 56.4 Å². The van der Waals surface area contributed by atoms with Gasteiger partial charge in [0.05, 0.1) is 44.9 Å². The van der Waals surface area contributed by atoms with Crippen LogP contribution in [0.4, 0.5) is 23.7 Å². The maximum Gasteiger partial charge on any atom is 0.418 e. The normalized spacial score (nSPS) is 21.9. The fraction of sp³-hybridized carbons (Fsp3) is 0.500. The smallest absolute Gasteiger partial charge is 0.418 e. The Bertz CT molecular complexity index is 2040. The van der Waals surface area contributed by atoms with Gasteiger partial charge in [-0.3, -0.25) is 19.2 Å². The van der Waals surface area contributed by atoms with Gasteiger partial charge in [-0.05, 0) is 62.9 Å². The molecule has 4 N–H and O–H groups in total. The van der Waals surface area contributed by atoms with E-state index < -0.39 is 47.2 Å². The number of nitrogens with zero attached hydrogens (tertiary/aromatic N) is 6. The molecule has 0 bridgehead atoms. The second-order valence-corrected chi connectivity index (χ2v) is 14.7. The molecule has 3 atom stereocenters. The number of aromatic amines is 1. The number of likely N-dealkylation sites (N-methyl/N-ethyl adjacent to an activating group) is 1. The standard InChI is InChI=1S/C36H42ClF3N8O4/c1-44-12-14-45(15-13-44)22-6-9-46(10-7-22)33(49)25(16-21-17-26(36(38,39)40)31(41)27(37)18-21)29-19-23(8-11-47(29)35(51)52)48-30-20-42-28-5-3-2-4-24(28)32(30)43-34(48)50/h2-5,17-18,20,22-23,25,29H,6-16,19,41H2,1H3,(H,43,50)(H,51,52)/t23?,25?,29-/m1/s1. The fourth-order valence-electron chi connectivity index (χ4n) is 8.46. The molecule has 2 aromatic heterocycles. The van der Waals surface area contributed by atoms with E-state index >= 15 is 0 Å². The molecule has 0 saturated carbocycles. The molecule has 3 aliphatic heterocycles. The number of likely N-dealkylation sites (tertiary alicyclic amines) is 2. The molecule has 0 radical (unpaired) electrons. The van der Waals surface area contributed by atoms with Crippen LogP contribution in [-0.2, 0) is 17.4 Å². The second-order valence-electron chi connectivity index (χ2n) is 14.3. The Hall–Kier alpha value is -4.34. The summed E-state index contributed by atoms with van der Waals surface area (Å²) in [5.41, 5.74) is 5.57. The number of nitrogen functional groups attached to an aromatic ring is 1. The van der Waals surface area contributed by atoms with Crippen molar-refractivity contribution >= 4 is 51.2 Å². The topological polar surface area (TPSA) is 144 Å². The third kappa shape index (κ3) is 6.93. The number of carbonyl (C=O) groups excluding carboxylic acids is 1. The maximum atomic E-state index is 14.7. The fourth-order valence-corrected chi connectivity index (χ4v) is 8.70. The first kappa shape index (κ1) is 36.0. The van der Waals surface area contributed by atoms with Crippen molar-refractivity contribution in [2.24, 2.45) is 5.92 Å². The predicted molar refractivity (Wildman–Crippen MR) is 191 cm³/mol. The molecule has 0 aliphatic carbocycles. The molecule has 0 spiro atoms. The summed E-state index contributed by atoms with van der Waals surface area (Å²) in [7, 11) is 2.09. The van der Waals surface area contributed by atoms with Crippen LogP contribution in [0.3, 0.4) is 0 Å². The second kappa shape index (κ2) is 14.2. The number of imidazole rings is 1. The van der Waals surface area contributed by atoms with Crippen molar-refractivity contribution in [3.05, 3.63) is 69.2 Å². The van der Waals surface area contributed by atoms with Gasteiger partial charge < -0.3 is 30.5 Å². The Morgan fingerprint density at radius 2 is 1.73 bits per heavy atom. The summed E-state index contributed by atoms with van der Waals surface area (Å²) >= 11 is 6.23. The van der Waals surface area contributed by atoms with Gasteiger partial charge in [-0.2, -0.15) is 13.2 Å². The van der Waals surface area contributed by atoms with Gasteiger partial charge in [-0.25, -0.2) is 9.59 Å². The van der Waals surface area contributed by atoms with Crippen LogP contribution in [0.1, 0.15) is 42.9 Å². The van der Waals surface area contributed by atoms with Crippen molar-refractivity contribution in [3.63, 3.8) is 0 Å². The lowest BCUT2D eigenvalue weighted by molar-refractivity contribution is -0.140. The van der Waals surface area contributed by atoms with Gasteiger partial charge in [0.25, 0.3) is 0 Å². The first-order chi connectivity index (χ1) is 24.8. The minimum absolute atomic E-state index is 0.0103. The zero-order chi connectivity index (χ0) is 36.9. The number of piperidine rings is 2. The maximum absolute atomic E-state index is 14.7. The minimum atomic E-state index is -4.80. The van der Waals surface area contributed by atoms with Crippen LogP contribution in [0, 0.1) is 5.92 Å². The van der Waals surface area contributed by atoms with Gasteiger partial charge in [-0.15, -0.1) is 0 Å². The lowest BCUT2D eigenvalue weighted by Crippen LogP contribution is -2.57. The number of amides is 2. The van der Waals surface area contributed by atoms with Crippen LogP contribution in [0.2, 0.25) is 5.02 Å². The summed E-state index contributed by atoms with van der Waals surface area (Å²) in [5, 5.41) is 10.9. The molecule has 3 aliphatic rings. The molecule has 2 aromatic carbocycles. The average molecular weight is 743 g/mol. The highest BCUT2D eigenvalue weighted by atomic mass is 35.5. The molecule has 5 heterocycles. The number of pyridine rings is 1. The Balaban J connectivity index is 1.24. The van der Waals surface area contributed by atoms with Gasteiger partial charge in [0.2, 0.25) is 5.91 Å². The number of hydrogen-bond donors (Lipinski definition) is 3. The minimum Gasteiger partial charge on any atom is -0.465 e. The van der Waals surface area contributed by atoms with Crippen LogP contribution in [0.25, 0.3) is 21.9 Å². The number of nitrogens with two attached hydrogens (primary N) is 1. The average Bonchev–Trinajstić information content (AvgIpc) is 3.47. The van der Waals surface area contributed by atoms with Crippen LogP contribution in [-0.4, -0.2) is 116 Å². The highest BCUT2D eigenvalue weighted by Gasteiger charge is 2.44. The number of piperazine rings is 1. The van der Waals surface area contributed by atoms with E-state index in [9.17, 15) is 32.7 Å². The van der Waals surface area contributed by atoms with E-state index in [-0.39, 0.29) is 42.3 Å². The van der Waals surface area contributed by atoms with E-state index in [4.69, 9.17) is 17.3 Å². The number of halogens is 4. The van der Waals surface area contributed by atoms with E-state index in [1.54, 1.807) is 15.7 Å². The number of hydrogen-bond acceptors (Lipinski definition) is 7. The van der Waals surface area contributed by atoms with E-state index in [1.807, 2.05) is 24.3 Å². The molecule has 16 heteroatoms. The first-order valence-corrected chi connectivity index (χ1v) is 18.0. The van der Waals surface area contributed by atoms with Crippen molar-refractivity contribution in [1.82, 2.24) is 34.1 Å². The van der Waals surface area contributed by atoms with Crippen molar-refractivity contribution in [3.8, 4) is 0 Å². The van der Waals surface area contributed by atoms with E-state index in [1.165, 1.54) is 11.0 Å². The number of alkyl halides is 3. The number of fused-ring (bicyclic) bond motifs is 3. The molecule has 3 saturated heterocycles. The summed E-state index contributed by atoms with van der Waals surface area (Å²) < 4.78 is 43.7. The third-order valence-corrected chi connectivity index (χ3v) is 11.6. The monoisotopic (exact) mass is 742 g/mol. The number of anilines is 1. The molecular weight excluding hydrogens is 701 g/mol. The van der Waals surface area contributed by atoms with Crippen LogP contribution >= 0.6 is 11.6 Å². The van der Waals surface area contributed by atoms with Crippen LogP contribution < -0.4 is 11.4 Å². The summed E-state index contributed by atoms with van der Waals surface area (Å²) in [6.07, 6.45) is -2.83. The number of carboxylic acid groups (broad SMARTS) is 1.